The summed E-state index contributed by atoms with van der Waals surface area (Å²) in [5.74, 6) is -1.71. The molecule has 1 aromatic carbocycles. The van der Waals surface area contributed by atoms with E-state index in [4.69, 9.17) is 0 Å². The largest absolute Gasteiger partial charge is 0.401 e. The van der Waals surface area contributed by atoms with Crippen molar-refractivity contribution in [3.05, 3.63) is 39.7 Å². The number of nitro groups is 1. The second kappa shape index (κ2) is 7.12. The number of hydrogen-bond acceptors (Lipinski definition) is 4. The Morgan fingerprint density at radius 1 is 1.21 bits per heavy atom. The Morgan fingerprint density at radius 3 is 2.50 bits per heavy atom. The van der Waals surface area contributed by atoms with Crippen LogP contribution in [0.15, 0.2) is 18.2 Å². The van der Waals surface area contributed by atoms with Gasteiger partial charge in [-0.05, 0) is 12.5 Å². The molecule has 2 rings (SSSR count). The number of carbonyl (C=O) groups is 1. The molecule has 0 atom stereocenters. The smallest absolute Gasteiger partial charge is 0.337 e. The molecule has 1 fully saturated rings. The second-order valence-electron chi connectivity index (χ2n) is 5.46. The van der Waals surface area contributed by atoms with E-state index in [-0.39, 0.29) is 31.7 Å². The molecule has 0 aromatic heterocycles. The van der Waals surface area contributed by atoms with Gasteiger partial charge in [0.1, 0.15) is 5.82 Å². The first kappa shape index (κ1) is 18.1. The summed E-state index contributed by atoms with van der Waals surface area (Å²) in [7, 11) is 0. The first-order valence-corrected chi connectivity index (χ1v) is 7.20. The molecule has 24 heavy (non-hydrogen) atoms. The summed E-state index contributed by atoms with van der Waals surface area (Å²) in [6.07, 6.45) is -3.99. The lowest BCUT2D eigenvalue weighted by Crippen LogP contribution is -2.38. The summed E-state index contributed by atoms with van der Waals surface area (Å²) in [5, 5.41) is 10.6. The fourth-order valence-corrected chi connectivity index (χ4v) is 2.55. The van der Waals surface area contributed by atoms with Gasteiger partial charge in [0.15, 0.2) is 0 Å². The second-order valence-corrected chi connectivity index (χ2v) is 5.46. The number of rotatable bonds is 3. The van der Waals surface area contributed by atoms with Crippen LogP contribution < -0.4 is 0 Å². The molecular formula is C14H15F4N3O3. The van der Waals surface area contributed by atoms with Crippen molar-refractivity contribution in [2.75, 3.05) is 32.7 Å². The molecule has 0 saturated carbocycles. The molecule has 1 heterocycles. The first-order chi connectivity index (χ1) is 11.2. The predicted octanol–water partition coefficient (Wildman–Crippen LogP) is 2.44. The van der Waals surface area contributed by atoms with Crippen LogP contribution in [0, 0.1) is 15.9 Å². The highest BCUT2D eigenvalue weighted by Crippen LogP contribution is 2.20. The van der Waals surface area contributed by atoms with Crippen molar-refractivity contribution in [3.8, 4) is 0 Å². The van der Waals surface area contributed by atoms with Crippen molar-refractivity contribution in [1.29, 1.82) is 0 Å². The van der Waals surface area contributed by atoms with Crippen molar-refractivity contribution in [3.63, 3.8) is 0 Å². The number of alkyl halides is 3. The van der Waals surface area contributed by atoms with E-state index in [2.05, 4.69) is 0 Å². The Balaban J connectivity index is 2.06. The van der Waals surface area contributed by atoms with Crippen LogP contribution in [0.2, 0.25) is 0 Å². The zero-order valence-corrected chi connectivity index (χ0v) is 12.6. The lowest BCUT2D eigenvalue weighted by Gasteiger charge is -2.23. The molecule has 1 aromatic rings. The molecule has 0 bridgehead atoms. The number of non-ortho nitro benzene ring substituents is 1. The minimum Gasteiger partial charge on any atom is -0.337 e. The molecule has 0 aliphatic carbocycles. The first-order valence-electron chi connectivity index (χ1n) is 7.20. The molecule has 1 amide bonds. The molecule has 0 unspecified atom stereocenters. The number of benzene rings is 1. The summed E-state index contributed by atoms with van der Waals surface area (Å²) in [4.78, 5) is 24.6. The summed E-state index contributed by atoms with van der Waals surface area (Å²) >= 11 is 0. The van der Waals surface area contributed by atoms with Gasteiger partial charge in [-0.3, -0.25) is 19.8 Å². The predicted molar refractivity (Wildman–Crippen MR) is 76.1 cm³/mol. The highest BCUT2D eigenvalue weighted by atomic mass is 19.4. The Bertz CT molecular complexity index is 636. The Labute approximate surface area is 134 Å². The minimum absolute atomic E-state index is 0.0276. The van der Waals surface area contributed by atoms with E-state index in [1.807, 2.05) is 0 Å². The minimum atomic E-state index is -4.32. The van der Waals surface area contributed by atoms with E-state index in [9.17, 15) is 32.5 Å². The Hall–Kier alpha value is -2.23. The molecule has 1 aliphatic heterocycles. The SMILES string of the molecule is O=C(c1ccc([N+](=O)[O-])cc1F)N1CCCN(CC(F)(F)F)CC1. The van der Waals surface area contributed by atoms with E-state index in [0.29, 0.717) is 12.5 Å². The van der Waals surface area contributed by atoms with E-state index < -0.39 is 35.1 Å². The van der Waals surface area contributed by atoms with E-state index >= 15 is 0 Å². The van der Waals surface area contributed by atoms with Crippen molar-refractivity contribution < 1.29 is 27.3 Å². The van der Waals surface area contributed by atoms with Crippen LogP contribution in [0.1, 0.15) is 16.8 Å². The lowest BCUT2D eigenvalue weighted by molar-refractivity contribution is -0.385. The summed E-state index contributed by atoms with van der Waals surface area (Å²) in [6, 6.07) is 2.69. The van der Waals surface area contributed by atoms with E-state index in [1.54, 1.807) is 0 Å². The quantitative estimate of drug-likeness (QED) is 0.478. The molecule has 6 nitrogen and oxygen atoms in total. The third-order valence-electron chi connectivity index (χ3n) is 3.67. The Morgan fingerprint density at radius 2 is 1.92 bits per heavy atom. The number of hydrogen-bond donors (Lipinski definition) is 0. The molecule has 0 radical (unpaired) electrons. The molecule has 1 saturated heterocycles. The highest BCUT2D eigenvalue weighted by molar-refractivity contribution is 5.94. The van der Waals surface area contributed by atoms with E-state index in [1.165, 1.54) is 9.80 Å². The average molecular weight is 349 g/mol. The van der Waals surface area contributed by atoms with Gasteiger partial charge < -0.3 is 4.90 Å². The number of nitro benzene ring substituents is 1. The van der Waals surface area contributed by atoms with Crippen molar-refractivity contribution >= 4 is 11.6 Å². The fourth-order valence-electron chi connectivity index (χ4n) is 2.55. The summed E-state index contributed by atoms with van der Waals surface area (Å²) in [6.45, 7) is -0.609. The summed E-state index contributed by atoms with van der Waals surface area (Å²) in [5.41, 5.74) is -0.804. The van der Waals surface area contributed by atoms with Gasteiger partial charge in [0.05, 0.1) is 23.1 Å². The van der Waals surface area contributed by atoms with Crippen LogP contribution in [-0.2, 0) is 0 Å². The lowest BCUT2D eigenvalue weighted by atomic mass is 10.1. The zero-order valence-electron chi connectivity index (χ0n) is 12.6. The maximum Gasteiger partial charge on any atom is 0.401 e. The molecule has 0 N–H and O–H groups in total. The standard InChI is InChI=1S/C14H15F4N3O3/c15-12-8-10(21(23)24)2-3-11(12)13(22)20-5-1-4-19(6-7-20)9-14(16,17)18/h2-3,8H,1,4-7,9H2. The number of carbonyl (C=O) groups excluding carboxylic acids is 1. The average Bonchev–Trinajstić information content (AvgIpc) is 2.70. The maximum atomic E-state index is 13.9. The zero-order chi connectivity index (χ0) is 17.9. The Kier molecular flexibility index (Phi) is 5.37. The van der Waals surface area contributed by atoms with E-state index in [0.717, 1.165) is 12.1 Å². The number of halogens is 4. The van der Waals surface area contributed by atoms with Crippen LogP contribution in [0.4, 0.5) is 23.2 Å². The normalized spacial score (nSPS) is 16.8. The third kappa shape index (κ3) is 4.63. The maximum absolute atomic E-state index is 13.9. The van der Waals surface area contributed by atoms with Crippen LogP contribution >= 0.6 is 0 Å². The van der Waals surface area contributed by atoms with Crippen LogP contribution in [0.5, 0.6) is 0 Å². The van der Waals surface area contributed by atoms with Crippen molar-refractivity contribution in [2.45, 2.75) is 12.6 Å². The number of nitrogens with zero attached hydrogens (tertiary/aromatic N) is 3. The van der Waals surface area contributed by atoms with Crippen LogP contribution in [0.3, 0.4) is 0 Å². The van der Waals surface area contributed by atoms with Crippen LogP contribution in [0.25, 0.3) is 0 Å². The molecule has 10 heteroatoms. The van der Waals surface area contributed by atoms with Gasteiger partial charge in [-0.2, -0.15) is 13.2 Å². The van der Waals surface area contributed by atoms with Crippen LogP contribution in [-0.4, -0.2) is 59.5 Å². The van der Waals surface area contributed by atoms with Gasteiger partial charge in [-0.1, -0.05) is 0 Å². The molecule has 1 aliphatic rings. The molecular weight excluding hydrogens is 334 g/mol. The topological polar surface area (TPSA) is 66.7 Å². The monoisotopic (exact) mass is 349 g/mol. The van der Waals surface area contributed by atoms with Gasteiger partial charge in [0.2, 0.25) is 0 Å². The van der Waals surface area contributed by atoms with Gasteiger partial charge in [0, 0.05) is 32.2 Å². The van der Waals surface area contributed by atoms with Crippen molar-refractivity contribution in [2.24, 2.45) is 0 Å². The van der Waals surface area contributed by atoms with Gasteiger partial charge in [-0.25, -0.2) is 4.39 Å². The highest BCUT2D eigenvalue weighted by Gasteiger charge is 2.32. The fraction of sp³-hybridized carbons (Fsp3) is 0.500. The third-order valence-corrected chi connectivity index (χ3v) is 3.67. The van der Waals surface area contributed by atoms with Gasteiger partial charge in [-0.15, -0.1) is 0 Å². The van der Waals surface area contributed by atoms with Gasteiger partial charge >= 0.3 is 6.18 Å². The summed E-state index contributed by atoms with van der Waals surface area (Å²) < 4.78 is 51.2. The van der Waals surface area contributed by atoms with Crippen molar-refractivity contribution in [1.82, 2.24) is 9.80 Å². The molecule has 132 valence electrons. The van der Waals surface area contributed by atoms with Gasteiger partial charge in [0.25, 0.3) is 11.6 Å². The number of amides is 1. The molecule has 0 spiro atoms.